The number of fused-ring (bicyclic) bond motifs is 1. The first kappa shape index (κ1) is 25.1. The molecule has 0 radical (unpaired) electrons. The maximum atomic E-state index is 13.2. The number of hydrogen-bond acceptors (Lipinski definition) is 7. The quantitative estimate of drug-likeness (QED) is 0.590. The predicted octanol–water partition coefficient (Wildman–Crippen LogP) is 2.95. The molecule has 14 heteroatoms. The summed E-state index contributed by atoms with van der Waals surface area (Å²) in [4.78, 5) is 19.5. The van der Waals surface area contributed by atoms with Crippen LogP contribution in [0.3, 0.4) is 0 Å². The fourth-order valence-corrected chi connectivity index (χ4v) is 6.35. The highest BCUT2D eigenvalue weighted by Crippen LogP contribution is 2.34. The number of alkyl halides is 3. The largest absolute Gasteiger partial charge is 0.444 e. The Labute approximate surface area is 210 Å². The van der Waals surface area contributed by atoms with Gasteiger partial charge in [0.2, 0.25) is 10.0 Å². The van der Waals surface area contributed by atoms with Gasteiger partial charge in [-0.05, 0) is 49.4 Å². The summed E-state index contributed by atoms with van der Waals surface area (Å²) in [6, 6.07) is 7.56. The molecule has 0 spiro atoms. The molecule has 5 rings (SSSR count). The van der Waals surface area contributed by atoms with Gasteiger partial charge < -0.3 is 15.0 Å². The number of nitrogens with zero attached hydrogens (tertiary/aromatic N) is 4. The third-order valence-corrected chi connectivity index (χ3v) is 8.70. The van der Waals surface area contributed by atoms with Crippen LogP contribution in [0.25, 0.3) is 0 Å². The molecule has 9 nitrogen and oxygen atoms in total. The summed E-state index contributed by atoms with van der Waals surface area (Å²) in [5, 5.41) is 2.95. The average Bonchev–Trinajstić information content (AvgIpc) is 3.19. The Morgan fingerprint density at radius 3 is 2.44 bits per heavy atom. The molecule has 0 saturated carbocycles. The molecular weight excluding hydrogens is 523 g/mol. The Bertz CT molecular complexity index is 1250. The fraction of sp³-hybridized carbons (Fsp3) is 0.455. The number of aromatic nitrogens is 1. The number of rotatable bonds is 4. The number of hydrogen-bond donors (Lipinski definition) is 1. The number of carbonyl (C=O) groups is 1. The van der Waals surface area contributed by atoms with Crippen molar-refractivity contribution < 1.29 is 31.1 Å². The molecule has 0 aliphatic carbocycles. The first-order valence-electron chi connectivity index (χ1n) is 11.3. The standard InChI is InChI=1S/C22H23ClF3N5O4S/c23-19-11-14(22(24,25)26)12-20(28-19)29-7-9-30(10-8-29)36(33,34)16-3-1-15(2-4-16)31-17-13-27-6-5-18(17)35-21(31)32/h1-4,11-12,17-18,27H,5-10,13H2/t17-,18+/m1/s1. The van der Waals surface area contributed by atoms with Crippen molar-refractivity contribution >= 4 is 39.2 Å². The van der Waals surface area contributed by atoms with Crippen LogP contribution in [0.4, 0.5) is 29.5 Å². The van der Waals surface area contributed by atoms with Gasteiger partial charge in [0, 0.05) is 38.4 Å². The minimum atomic E-state index is -4.57. The normalized spacial score (nSPS) is 23.5. The number of piperazine rings is 1. The van der Waals surface area contributed by atoms with E-state index < -0.39 is 27.9 Å². The van der Waals surface area contributed by atoms with Gasteiger partial charge in [-0.1, -0.05) is 11.6 Å². The van der Waals surface area contributed by atoms with Gasteiger partial charge in [-0.15, -0.1) is 0 Å². The number of nitrogens with one attached hydrogen (secondary N) is 1. The van der Waals surface area contributed by atoms with Crippen molar-refractivity contribution in [2.75, 3.05) is 49.1 Å². The lowest BCUT2D eigenvalue weighted by atomic mass is 10.0. The monoisotopic (exact) mass is 545 g/mol. The van der Waals surface area contributed by atoms with Gasteiger partial charge >= 0.3 is 12.3 Å². The van der Waals surface area contributed by atoms with Crippen molar-refractivity contribution in [3.63, 3.8) is 0 Å². The second-order valence-electron chi connectivity index (χ2n) is 8.77. The van der Waals surface area contributed by atoms with Crippen LogP contribution in [-0.2, 0) is 20.9 Å². The molecule has 1 aromatic carbocycles. The van der Waals surface area contributed by atoms with Crippen LogP contribution < -0.4 is 15.1 Å². The molecule has 3 fully saturated rings. The van der Waals surface area contributed by atoms with Crippen LogP contribution in [0.5, 0.6) is 0 Å². The maximum Gasteiger partial charge on any atom is 0.416 e. The van der Waals surface area contributed by atoms with Crippen molar-refractivity contribution in [3.05, 3.63) is 47.1 Å². The molecule has 0 unspecified atom stereocenters. The average molecular weight is 546 g/mol. The number of benzene rings is 1. The van der Waals surface area contributed by atoms with Gasteiger partial charge in [-0.3, -0.25) is 4.90 Å². The summed E-state index contributed by atoms with van der Waals surface area (Å²) in [7, 11) is -3.85. The molecule has 3 saturated heterocycles. The smallest absolute Gasteiger partial charge is 0.416 e. The first-order chi connectivity index (χ1) is 17.0. The highest BCUT2D eigenvalue weighted by Gasteiger charge is 2.44. The van der Waals surface area contributed by atoms with Crippen LogP contribution >= 0.6 is 11.6 Å². The number of ether oxygens (including phenoxy) is 1. The van der Waals surface area contributed by atoms with Crippen LogP contribution in [0.1, 0.15) is 12.0 Å². The molecule has 36 heavy (non-hydrogen) atoms. The van der Waals surface area contributed by atoms with Crippen LogP contribution in [0, 0.1) is 0 Å². The molecule has 3 aliphatic rings. The zero-order valence-electron chi connectivity index (χ0n) is 18.9. The summed E-state index contributed by atoms with van der Waals surface area (Å²) in [5.74, 6) is 0.0456. The molecular formula is C22H23ClF3N5O4S. The molecule has 0 bridgehead atoms. The van der Waals surface area contributed by atoms with Gasteiger partial charge in [0.25, 0.3) is 0 Å². The Morgan fingerprint density at radius 1 is 1.08 bits per heavy atom. The molecule has 1 amide bonds. The number of piperidine rings is 1. The number of carbonyl (C=O) groups excluding carboxylic acids is 1. The van der Waals surface area contributed by atoms with E-state index in [1.807, 2.05) is 0 Å². The van der Waals surface area contributed by atoms with E-state index in [1.54, 1.807) is 21.9 Å². The number of amides is 1. The second kappa shape index (κ2) is 9.36. The Balaban J connectivity index is 1.28. The predicted molar refractivity (Wildman–Crippen MR) is 126 cm³/mol. The number of pyridine rings is 1. The van der Waals surface area contributed by atoms with Crippen molar-refractivity contribution in [2.45, 2.75) is 29.6 Å². The van der Waals surface area contributed by atoms with Crippen molar-refractivity contribution in [1.82, 2.24) is 14.6 Å². The van der Waals surface area contributed by atoms with E-state index in [0.29, 0.717) is 18.7 Å². The Morgan fingerprint density at radius 2 is 1.78 bits per heavy atom. The first-order valence-corrected chi connectivity index (χ1v) is 13.2. The minimum Gasteiger partial charge on any atom is -0.444 e. The summed E-state index contributed by atoms with van der Waals surface area (Å²) < 4.78 is 72.5. The molecule has 2 aromatic rings. The van der Waals surface area contributed by atoms with Gasteiger partial charge in [-0.25, -0.2) is 18.2 Å². The number of sulfonamides is 1. The minimum absolute atomic E-state index is 0.0456. The van der Waals surface area contributed by atoms with Crippen LogP contribution in [0.15, 0.2) is 41.3 Å². The second-order valence-corrected chi connectivity index (χ2v) is 11.1. The van der Waals surface area contributed by atoms with Gasteiger partial charge in [-0.2, -0.15) is 17.5 Å². The highest BCUT2D eigenvalue weighted by molar-refractivity contribution is 7.89. The number of halogens is 4. The van der Waals surface area contributed by atoms with Gasteiger partial charge in [0.05, 0.1) is 16.5 Å². The molecule has 4 heterocycles. The van der Waals surface area contributed by atoms with Crippen LogP contribution in [0.2, 0.25) is 5.15 Å². The molecule has 3 aliphatic heterocycles. The lowest BCUT2D eigenvalue weighted by molar-refractivity contribution is -0.137. The summed E-state index contributed by atoms with van der Waals surface area (Å²) in [5.41, 5.74) is -0.364. The highest BCUT2D eigenvalue weighted by atomic mass is 35.5. The van der Waals surface area contributed by atoms with E-state index in [-0.39, 0.29) is 54.2 Å². The Hall–Kier alpha value is -2.61. The van der Waals surface area contributed by atoms with Crippen molar-refractivity contribution in [1.29, 1.82) is 0 Å². The zero-order chi connectivity index (χ0) is 25.7. The maximum absolute atomic E-state index is 13.2. The van der Waals surface area contributed by atoms with E-state index in [4.69, 9.17) is 16.3 Å². The Kier molecular flexibility index (Phi) is 6.52. The van der Waals surface area contributed by atoms with E-state index >= 15 is 0 Å². The lowest BCUT2D eigenvalue weighted by Crippen LogP contribution is -2.49. The molecule has 194 valence electrons. The fourth-order valence-electron chi connectivity index (χ4n) is 4.73. The summed E-state index contributed by atoms with van der Waals surface area (Å²) >= 11 is 5.78. The van der Waals surface area contributed by atoms with E-state index in [9.17, 15) is 26.4 Å². The van der Waals surface area contributed by atoms with E-state index in [0.717, 1.165) is 18.7 Å². The van der Waals surface area contributed by atoms with Crippen molar-refractivity contribution in [2.24, 2.45) is 0 Å². The summed E-state index contributed by atoms with van der Waals surface area (Å²) in [6.07, 6.45) is -4.50. The van der Waals surface area contributed by atoms with Crippen molar-refractivity contribution in [3.8, 4) is 0 Å². The third-order valence-electron chi connectivity index (χ3n) is 6.59. The number of anilines is 2. The van der Waals surface area contributed by atoms with Gasteiger partial charge in [0.15, 0.2) is 0 Å². The third kappa shape index (κ3) is 4.72. The zero-order valence-corrected chi connectivity index (χ0v) is 20.5. The molecule has 1 N–H and O–H groups in total. The van der Waals surface area contributed by atoms with E-state index in [1.165, 1.54) is 16.4 Å². The SMILES string of the molecule is O=C1O[C@H]2CCNC[C@H]2N1c1ccc(S(=O)(=O)N2CCN(c3cc(C(F)(F)F)cc(Cl)n3)CC2)cc1. The van der Waals surface area contributed by atoms with Gasteiger partial charge in [0.1, 0.15) is 17.1 Å². The summed E-state index contributed by atoms with van der Waals surface area (Å²) in [6.45, 7) is 1.78. The molecule has 2 atom stereocenters. The lowest BCUT2D eigenvalue weighted by Gasteiger charge is -2.35. The van der Waals surface area contributed by atoms with E-state index in [2.05, 4.69) is 10.3 Å². The van der Waals surface area contributed by atoms with Crippen LogP contribution in [-0.4, -0.2) is 75.2 Å². The molecule has 1 aromatic heterocycles. The topological polar surface area (TPSA) is 95.1 Å².